The fourth-order valence-electron chi connectivity index (χ4n) is 1.62. The van der Waals surface area contributed by atoms with E-state index in [1.807, 2.05) is 6.07 Å². The summed E-state index contributed by atoms with van der Waals surface area (Å²) in [7, 11) is 2.91. The highest BCUT2D eigenvalue weighted by Crippen LogP contribution is 2.34. The van der Waals surface area contributed by atoms with Crippen LogP contribution in [-0.2, 0) is 11.3 Å². The van der Waals surface area contributed by atoms with E-state index in [0.717, 1.165) is 15.6 Å². The number of methoxy groups -OCH3 is 2. The summed E-state index contributed by atoms with van der Waals surface area (Å²) in [6, 6.07) is 5.34. The van der Waals surface area contributed by atoms with Crippen LogP contribution in [0.5, 0.6) is 5.75 Å². The Morgan fingerprint density at radius 1 is 1.35 bits per heavy atom. The maximum absolute atomic E-state index is 11.4. The van der Waals surface area contributed by atoms with Gasteiger partial charge in [0.05, 0.1) is 20.8 Å². The van der Waals surface area contributed by atoms with Crippen LogP contribution in [0.25, 0.3) is 10.1 Å². The lowest BCUT2D eigenvalue weighted by molar-refractivity contribution is 0.0606. The van der Waals surface area contributed by atoms with Crippen LogP contribution in [0.4, 0.5) is 0 Å². The van der Waals surface area contributed by atoms with Crippen molar-refractivity contribution >= 4 is 27.4 Å². The molecule has 5 heteroatoms. The fourth-order valence-corrected chi connectivity index (χ4v) is 2.68. The summed E-state index contributed by atoms with van der Waals surface area (Å²) in [4.78, 5) is 12.0. The molecule has 1 aromatic heterocycles. The van der Waals surface area contributed by atoms with E-state index in [9.17, 15) is 4.79 Å². The molecule has 0 saturated carbocycles. The first-order valence-corrected chi connectivity index (χ1v) is 5.81. The highest BCUT2D eigenvalue weighted by Gasteiger charge is 2.14. The van der Waals surface area contributed by atoms with Gasteiger partial charge in [-0.3, -0.25) is 0 Å². The van der Waals surface area contributed by atoms with Gasteiger partial charge in [0.15, 0.2) is 0 Å². The maximum Gasteiger partial charge on any atom is 0.348 e. The molecule has 0 aliphatic carbocycles. The summed E-state index contributed by atoms with van der Waals surface area (Å²) >= 11 is 1.32. The molecule has 0 unspecified atom stereocenters. The molecule has 0 aliphatic heterocycles. The number of rotatable bonds is 3. The number of carbonyl (C=O) groups excluding carboxylic acids is 1. The number of esters is 1. The third-order valence-electron chi connectivity index (χ3n) is 2.45. The Balaban J connectivity index is 2.62. The van der Waals surface area contributed by atoms with Crippen molar-refractivity contribution in [2.75, 3.05) is 14.2 Å². The van der Waals surface area contributed by atoms with Crippen LogP contribution in [0.2, 0.25) is 0 Å². The number of hydrogen-bond acceptors (Lipinski definition) is 5. The van der Waals surface area contributed by atoms with Crippen LogP contribution >= 0.6 is 11.3 Å². The van der Waals surface area contributed by atoms with E-state index >= 15 is 0 Å². The second-order valence-electron chi connectivity index (χ2n) is 3.47. The topological polar surface area (TPSA) is 55.8 Å². The Labute approximate surface area is 102 Å². The van der Waals surface area contributed by atoms with Crippen molar-refractivity contribution in [3.8, 4) is 5.75 Å². The van der Waals surface area contributed by atoms with Gasteiger partial charge in [0.1, 0.15) is 10.6 Å². The van der Waals surface area contributed by atoms with E-state index in [1.54, 1.807) is 19.2 Å². The molecule has 1 heterocycles. The molecule has 2 rings (SSSR count). The summed E-state index contributed by atoms with van der Waals surface area (Å²) in [5.41, 5.74) is 0.757. The number of ether oxygens (including phenoxy) is 2. The van der Waals surface area contributed by atoms with Crippen LogP contribution in [0.3, 0.4) is 0 Å². The molecule has 2 aromatic rings. The molecule has 4 nitrogen and oxygen atoms in total. The largest absolute Gasteiger partial charge is 0.496 e. The Hall–Kier alpha value is -1.59. The van der Waals surface area contributed by atoms with Gasteiger partial charge in [-0.1, -0.05) is 0 Å². The van der Waals surface area contributed by atoms with Gasteiger partial charge in [0.2, 0.25) is 0 Å². The van der Waals surface area contributed by atoms with Crippen molar-refractivity contribution in [1.82, 2.24) is 0 Å². The average Bonchev–Trinajstić information content (AvgIpc) is 2.80. The third kappa shape index (κ3) is 2.11. The zero-order valence-electron chi connectivity index (χ0n) is 9.52. The minimum absolute atomic E-state index is 0.0578. The lowest BCUT2D eigenvalue weighted by atomic mass is 10.1. The standard InChI is InChI=1S/C12H12O4S/c1-15-9-3-7(6-13)4-10-8(9)5-11(17-10)12(14)16-2/h3-5,13H,6H2,1-2H3. The van der Waals surface area contributed by atoms with Gasteiger partial charge in [-0.25, -0.2) is 4.79 Å². The highest BCUT2D eigenvalue weighted by atomic mass is 32.1. The van der Waals surface area contributed by atoms with Gasteiger partial charge in [0, 0.05) is 10.1 Å². The van der Waals surface area contributed by atoms with Gasteiger partial charge in [-0.2, -0.15) is 0 Å². The number of carbonyl (C=O) groups is 1. The number of hydrogen-bond donors (Lipinski definition) is 1. The number of aliphatic hydroxyl groups excluding tert-OH is 1. The molecular formula is C12H12O4S. The highest BCUT2D eigenvalue weighted by molar-refractivity contribution is 7.20. The molecular weight excluding hydrogens is 240 g/mol. The van der Waals surface area contributed by atoms with E-state index in [4.69, 9.17) is 9.84 Å². The molecule has 0 atom stereocenters. The predicted molar refractivity (Wildman–Crippen MR) is 65.6 cm³/mol. The summed E-state index contributed by atoms with van der Waals surface area (Å²) in [6.07, 6.45) is 0. The first-order valence-electron chi connectivity index (χ1n) is 4.99. The summed E-state index contributed by atoms with van der Waals surface area (Å²) < 4.78 is 10.8. The molecule has 0 spiro atoms. The van der Waals surface area contributed by atoms with E-state index in [2.05, 4.69) is 4.74 Å². The number of aliphatic hydroxyl groups is 1. The van der Waals surface area contributed by atoms with Gasteiger partial charge in [-0.05, 0) is 23.8 Å². The van der Waals surface area contributed by atoms with Gasteiger partial charge >= 0.3 is 5.97 Å². The van der Waals surface area contributed by atoms with Crippen molar-refractivity contribution in [2.45, 2.75) is 6.61 Å². The monoisotopic (exact) mass is 252 g/mol. The SMILES string of the molecule is COC(=O)c1cc2c(OC)cc(CO)cc2s1. The molecule has 1 aromatic carbocycles. The maximum atomic E-state index is 11.4. The van der Waals surface area contributed by atoms with Gasteiger partial charge < -0.3 is 14.6 Å². The van der Waals surface area contributed by atoms with Crippen molar-refractivity contribution in [1.29, 1.82) is 0 Å². The minimum Gasteiger partial charge on any atom is -0.496 e. The van der Waals surface area contributed by atoms with Crippen molar-refractivity contribution in [3.63, 3.8) is 0 Å². The third-order valence-corrected chi connectivity index (χ3v) is 3.51. The lowest BCUT2D eigenvalue weighted by Crippen LogP contribution is -1.96. The Kier molecular flexibility index (Phi) is 3.31. The van der Waals surface area contributed by atoms with Gasteiger partial charge in [-0.15, -0.1) is 11.3 Å². The van der Waals surface area contributed by atoms with E-state index in [1.165, 1.54) is 18.4 Å². The zero-order chi connectivity index (χ0) is 12.4. The Morgan fingerprint density at radius 3 is 2.71 bits per heavy atom. The zero-order valence-corrected chi connectivity index (χ0v) is 10.3. The van der Waals surface area contributed by atoms with Crippen LogP contribution in [-0.4, -0.2) is 25.3 Å². The van der Waals surface area contributed by atoms with Crippen molar-refractivity contribution in [3.05, 3.63) is 28.6 Å². The number of benzene rings is 1. The second kappa shape index (κ2) is 4.73. The molecule has 17 heavy (non-hydrogen) atoms. The van der Waals surface area contributed by atoms with Crippen LogP contribution in [0, 0.1) is 0 Å². The molecule has 0 saturated heterocycles. The van der Waals surface area contributed by atoms with Crippen LogP contribution in [0.15, 0.2) is 18.2 Å². The molecule has 0 amide bonds. The van der Waals surface area contributed by atoms with Crippen molar-refractivity contribution in [2.24, 2.45) is 0 Å². The quantitative estimate of drug-likeness (QED) is 0.851. The molecule has 0 fully saturated rings. The summed E-state index contributed by atoms with van der Waals surface area (Å²) in [6.45, 7) is -0.0578. The summed E-state index contributed by atoms with van der Waals surface area (Å²) in [5.74, 6) is 0.289. The normalized spacial score (nSPS) is 10.5. The second-order valence-corrected chi connectivity index (χ2v) is 4.55. The molecule has 1 N–H and O–H groups in total. The first-order chi connectivity index (χ1) is 8.19. The van der Waals surface area contributed by atoms with E-state index in [-0.39, 0.29) is 12.6 Å². The number of thiophene rings is 1. The predicted octanol–water partition coefficient (Wildman–Crippen LogP) is 2.19. The molecule has 0 bridgehead atoms. The summed E-state index contributed by atoms with van der Waals surface area (Å²) in [5, 5.41) is 9.99. The Morgan fingerprint density at radius 2 is 2.12 bits per heavy atom. The van der Waals surface area contributed by atoms with Crippen LogP contribution in [0.1, 0.15) is 15.2 Å². The minimum atomic E-state index is -0.362. The Bertz CT molecular complexity index is 559. The van der Waals surface area contributed by atoms with Crippen LogP contribution < -0.4 is 4.74 Å². The van der Waals surface area contributed by atoms with E-state index in [0.29, 0.717) is 10.6 Å². The number of fused-ring (bicyclic) bond motifs is 1. The molecule has 0 aliphatic rings. The molecule has 90 valence electrons. The molecule has 0 radical (unpaired) electrons. The van der Waals surface area contributed by atoms with E-state index < -0.39 is 0 Å². The first kappa shape index (κ1) is 11.9. The smallest absolute Gasteiger partial charge is 0.348 e. The fraction of sp³-hybridized carbons (Fsp3) is 0.250. The van der Waals surface area contributed by atoms with Gasteiger partial charge in [0.25, 0.3) is 0 Å². The van der Waals surface area contributed by atoms with Crippen molar-refractivity contribution < 1.29 is 19.4 Å². The average molecular weight is 252 g/mol. The lowest BCUT2D eigenvalue weighted by Gasteiger charge is -2.03.